The van der Waals surface area contributed by atoms with Crippen molar-refractivity contribution < 1.29 is 18.7 Å². The Morgan fingerprint density at radius 3 is 2.73 bits per heavy atom. The summed E-state index contributed by atoms with van der Waals surface area (Å²) in [4.78, 5) is 34.3. The van der Waals surface area contributed by atoms with Gasteiger partial charge in [0.05, 0.1) is 36.0 Å². The van der Waals surface area contributed by atoms with Gasteiger partial charge in [-0.25, -0.2) is 9.37 Å². The lowest BCUT2D eigenvalue weighted by molar-refractivity contribution is -0.147. The Labute approximate surface area is 176 Å². The molecule has 0 radical (unpaired) electrons. The highest BCUT2D eigenvalue weighted by molar-refractivity contribution is 7.13. The Bertz CT molecular complexity index is 1070. The minimum Gasteiger partial charge on any atom is -0.455 e. The lowest BCUT2D eigenvalue weighted by Gasteiger charge is -2.22. The lowest BCUT2D eigenvalue weighted by Crippen LogP contribution is -2.36. The summed E-state index contributed by atoms with van der Waals surface area (Å²) < 4.78 is 19.1. The second-order valence-corrected chi connectivity index (χ2v) is 6.96. The summed E-state index contributed by atoms with van der Waals surface area (Å²) in [5, 5.41) is 11.2. The van der Waals surface area contributed by atoms with Crippen LogP contribution in [0.4, 0.5) is 10.1 Å². The summed E-state index contributed by atoms with van der Waals surface area (Å²) in [6, 6.07) is 13.1. The molecule has 1 amide bonds. The Hall–Kier alpha value is -3.64. The molecule has 0 aliphatic carbocycles. The molecule has 7 nitrogen and oxygen atoms in total. The van der Waals surface area contributed by atoms with Crippen LogP contribution in [0, 0.1) is 17.1 Å². The number of nitrogens with zero attached hydrogens (tertiary/aromatic N) is 4. The van der Waals surface area contributed by atoms with Gasteiger partial charge in [0.15, 0.2) is 6.61 Å². The standard InChI is InChI=1S/C21H17FN4O3S/c22-16-6-1-2-8-18(16)26(11-5-9-23)19(27)13-29-20(28)12-15-14-30-21(25-15)17-7-3-4-10-24-17/h1-4,6-8,10,14H,5,11-13H2. The second-order valence-electron chi connectivity index (χ2n) is 6.10. The van der Waals surface area contributed by atoms with Gasteiger partial charge in [0.25, 0.3) is 5.91 Å². The molecule has 2 heterocycles. The number of carbonyl (C=O) groups excluding carboxylic acids is 2. The summed E-state index contributed by atoms with van der Waals surface area (Å²) in [5.74, 6) is -1.84. The molecule has 0 aliphatic heterocycles. The fourth-order valence-electron chi connectivity index (χ4n) is 2.63. The highest BCUT2D eigenvalue weighted by Gasteiger charge is 2.20. The van der Waals surface area contributed by atoms with Gasteiger partial charge in [-0.3, -0.25) is 14.6 Å². The van der Waals surface area contributed by atoms with Crippen molar-refractivity contribution in [2.45, 2.75) is 12.8 Å². The number of para-hydroxylation sites is 1. The van der Waals surface area contributed by atoms with E-state index in [1.807, 2.05) is 18.2 Å². The van der Waals surface area contributed by atoms with Crippen LogP contribution in [0.5, 0.6) is 0 Å². The predicted octanol–water partition coefficient (Wildman–Crippen LogP) is 3.38. The monoisotopic (exact) mass is 424 g/mol. The zero-order valence-corrected chi connectivity index (χ0v) is 16.6. The topological polar surface area (TPSA) is 96.2 Å². The maximum absolute atomic E-state index is 14.1. The molecule has 0 unspecified atom stereocenters. The molecule has 1 aromatic carbocycles. The molecule has 0 saturated heterocycles. The first kappa shape index (κ1) is 21.1. The molecule has 9 heteroatoms. The van der Waals surface area contributed by atoms with Gasteiger partial charge in [-0.2, -0.15) is 5.26 Å². The molecular weight excluding hydrogens is 407 g/mol. The van der Waals surface area contributed by atoms with E-state index in [2.05, 4.69) is 9.97 Å². The van der Waals surface area contributed by atoms with Crippen molar-refractivity contribution in [2.24, 2.45) is 0 Å². The third-order valence-electron chi connectivity index (χ3n) is 4.01. The van der Waals surface area contributed by atoms with Crippen LogP contribution in [0.15, 0.2) is 54.0 Å². The molecule has 0 saturated carbocycles. The molecule has 3 rings (SSSR count). The maximum Gasteiger partial charge on any atom is 0.312 e. The number of aromatic nitrogens is 2. The van der Waals surface area contributed by atoms with E-state index < -0.39 is 24.3 Å². The van der Waals surface area contributed by atoms with Crippen LogP contribution in [0.25, 0.3) is 10.7 Å². The number of nitriles is 1. The zero-order chi connectivity index (χ0) is 21.3. The van der Waals surface area contributed by atoms with Gasteiger partial charge >= 0.3 is 5.97 Å². The third kappa shape index (κ3) is 5.46. The molecular formula is C21H17FN4O3S. The van der Waals surface area contributed by atoms with E-state index >= 15 is 0 Å². The number of carbonyl (C=O) groups is 2. The first-order valence-electron chi connectivity index (χ1n) is 9.01. The van der Waals surface area contributed by atoms with Crippen molar-refractivity contribution >= 4 is 28.9 Å². The highest BCUT2D eigenvalue weighted by atomic mass is 32.1. The summed E-state index contributed by atoms with van der Waals surface area (Å²) in [5.41, 5.74) is 1.25. The van der Waals surface area contributed by atoms with Gasteiger partial charge in [0.2, 0.25) is 0 Å². The smallest absolute Gasteiger partial charge is 0.312 e. The Morgan fingerprint density at radius 1 is 1.20 bits per heavy atom. The number of benzene rings is 1. The summed E-state index contributed by atoms with van der Waals surface area (Å²) in [6.45, 7) is -0.566. The molecule has 0 bridgehead atoms. The zero-order valence-electron chi connectivity index (χ0n) is 15.8. The SMILES string of the molecule is N#CCCN(C(=O)COC(=O)Cc1csc(-c2ccccn2)n1)c1ccccc1F. The molecule has 2 aromatic heterocycles. The molecule has 0 spiro atoms. The normalized spacial score (nSPS) is 10.3. The van der Waals surface area contributed by atoms with E-state index in [9.17, 15) is 14.0 Å². The number of esters is 1. The van der Waals surface area contributed by atoms with Crippen LogP contribution in [0.2, 0.25) is 0 Å². The van der Waals surface area contributed by atoms with Gasteiger partial charge < -0.3 is 9.64 Å². The molecule has 3 aromatic rings. The fraction of sp³-hybridized carbons (Fsp3) is 0.190. The number of anilines is 1. The molecule has 0 aliphatic rings. The Kier molecular flexibility index (Phi) is 7.19. The van der Waals surface area contributed by atoms with Crippen molar-refractivity contribution in [3.63, 3.8) is 0 Å². The van der Waals surface area contributed by atoms with Gasteiger partial charge in [-0.1, -0.05) is 18.2 Å². The largest absolute Gasteiger partial charge is 0.455 e. The minimum atomic E-state index is -0.630. The van der Waals surface area contributed by atoms with Crippen molar-refractivity contribution in [3.05, 3.63) is 65.6 Å². The predicted molar refractivity (Wildman–Crippen MR) is 109 cm³/mol. The van der Waals surface area contributed by atoms with Crippen LogP contribution < -0.4 is 4.90 Å². The van der Waals surface area contributed by atoms with E-state index in [-0.39, 0.29) is 25.1 Å². The number of ether oxygens (including phenoxy) is 1. The lowest BCUT2D eigenvalue weighted by atomic mass is 10.2. The van der Waals surface area contributed by atoms with E-state index in [4.69, 9.17) is 10.00 Å². The number of thiazole rings is 1. The molecule has 0 atom stereocenters. The number of amides is 1. The molecule has 0 N–H and O–H groups in total. The number of pyridine rings is 1. The summed E-state index contributed by atoms with van der Waals surface area (Å²) in [7, 11) is 0. The quantitative estimate of drug-likeness (QED) is 0.515. The van der Waals surface area contributed by atoms with Crippen molar-refractivity contribution in [1.29, 1.82) is 5.26 Å². The maximum atomic E-state index is 14.1. The number of halogens is 1. The van der Waals surface area contributed by atoms with Crippen LogP contribution in [-0.2, 0) is 20.7 Å². The third-order valence-corrected chi connectivity index (χ3v) is 4.92. The van der Waals surface area contributed by atoms with Crippen LogP contribution >= 0.6 is 11.3 Å². The number of hydrogen-bond acceptors (Lipinski definition) is 7. The Morgan fingerprint density at radius 2 is 2.00 bits per heavy atom. The first-order valence-corrected chi connectivity index (χ1v) is 9.89. The van der Waals surface area contributed by atoms with Crippen molar-refractivity contribution in [3.8, 4) is 16.8 Å². The summed E-state index contributed by atoms with van der Waals surface area (Å²) in [6.07, 6.45) is 1.57. The highest BCUT2D eigenvalue weighted by Crippen LogP contribution is 2.22. The van der Waals surface area contributed by atoms with E-state index in [0.717, 1.165) is 4.90 Å². The molecule has 30 heavy (non-hydrogen) atoms. The van der Waals surface area contributed by atoms with Crippen LogP contribution in [-0.4, -0.2) is 35.0 Å². The van der Waals surface area contributed by atoms with Gasteiger partial charge in [0, 0.05) is 18.1 Å². The second kappa shape index (κ2) is 10.2. The van der Waals surface area contributed by atoms with E-state index in [0.29, 0.717) is 16.4 Å². The van der Waals surface area contributed by atoms with Gasteiger partial charge in [0.1, 0.15) is 10.8 Å². The van der Waals surface area contributed by atoms with E-state index in [1.165, 1.54) is 29.5 Å². The van der Waals surface area contributed by atoms with Gasteiger partial charge in [-0.05, 0) is 24.3 Å². The first-order chi connectivity index (χ1) is 14.6. The van der Waals surface area contributed by atoms with E-state index in [1.54, 1.807) is 23.7 Å². The van der Waals surface area contributed by atoms with Crippen molar-refractivity contribution in [2.75, 3.05) is 18.1 Å². The summed E-state index contributed by atoms with van der Waals surface area (Å²) >= 11 is 1.35. The number of rotatable bonds is 8. The van der Waals surface area contributed by atoms with Crippen LogP contribution in [0.1, 0.15) is 12.1 Å². The number of hydrogen-bond donors (Lipinski definition) is 0. The molecule has 152 valence electrons. The van der Waals surface area contributed by atoms with Gasteiger partial charge in [-0.15, -0.1) is 11.3 Å². The van der Waals surface area contributed by atoms with Crippen LogP contribution in [0.3, 0.4) is 0 Å². The van der Waals surface area contributed by atoms with Crippen molar-refractivity contribution in [1.82, 2.24) is 9.97 Å². The Balaban J connectivity index is 1.59. The molecule has 0 fully saturated rings. The average Bonchev–Trinajstić information content (AvgIpc) is 3.22. The average molecular weight is 424 g/mol. The minimum absolute atomic E-state index is 0.00661. The fourth-order valence-corrected chi connectivity index (χ4v) is 3.42.